The van der Waals surface area contributed by atoms with Crippen molar-refractivity contribution in [2.45, 2.75) is 4.90 Å². The summed E-state index contributed by atoms with van der Waals surface area (Å²) in [5.41, 5.74) is 0.940. The molecule has 0 saturated heterocycles. The lowest BCUT2D eigenvalue weighted by Crippen LogP contribution is -1.96. The van der Waals surface area contributed by atoms with E-state index in [-0.39, 0.29) is 10.6 Å². The van der Waals surface area contributed by atoms with Crippen molar-refractivity contribution in [2.75, 3.05) is 0 Å². The molecule has 0 bridgehead atoms. The highest BCUT2D eigenvalue weighted by atomic mass is 32.2. The summed E-state index contributed by atoms with van der Waals surface area (Å²) in [6.07, 6.45) is 1.40. The first-order valence-electron chi connectivity index (χ1n) is 6.10. The first kappa shape index (κ1) is 15.4. The molecule has 2 aromatic carbocycles. The average Bonchev–Trinajstić information content (AvgIpc) is 2.53. The molecule has 0 atom stereocenters. The van der Waals surface area contributed by atoms with Crippen LogP contribution in [0.15, 0.2) is 58.8 Å². The van der Waals surface area contributed by atoms with Crippen LogP contribution >= 0.6 is 0 Å². The highest BCUT2D eigenvalue weighted by Gasteiger charge is 2.12. The van der Waals surface area contributed by atoms with Crippen molar-refractivity contribution in [3.63, 3.8) is 0 Å². The van der Waals surface area contributed by atoms with Gasteiger partial charge < -0.3 is 0 Å². The Morgan fingerprint density at radius 2 is 1.64 bits per heavy atom. The number of non-ortho nitro benzene ring substituents is 1. The molecule has 22 heavy (non-hydrogen) atoms. The van der Waals surface area contributed by atoms with E-state index in [1.807, 2.05) is 6.07 Å². The molecule has 2 rings (SSSR count). The van der Waals surface area contributed by atoms with Crippen LogP contribution in [-0.4, -0.2) is 13.3 Å². The van der Waals surface area contributed by atoms with Crippen LogP contribution in [0.5, 0.6) is 0 Å². The molecule has 0 spiro atoms. The first-order valence-corrected chi connectivity index (χ1v) is 7.65. The minimum absolute atomic E-state index is 0.0250. The topological polar surface area (TPSA) is 101 Å². The van der Waals surface area contributed by atoms with E-state index in [1.165, 1.54) is 18.2 Å². The summed E-state index contributed by atoms with van der Waals surface area (Å²) in [6.45, 7) is 0. The van der Waals surface area contributed by atoms with E-state index >= 15 is 0 Å². The van der Waals surface area contributed by atoms with Gasteiger partial charge in [0.15, 0.2) is 9.84 Å². The van der Waals surface area contributed by atoms with Crippen molar-refractivity contribution in [3.8, 4) is 6.07 Å². The van der Waals surface area contributed by atoms with Gasteiger partial charge in [-0.3, -0.25) is 10.1 Å². The Morgan fingerprint density at radius 3 is 2.14 bits per heavy atom. The first-order chi connectivity index (χ1) is 10.4. The van der Waals surface area contributed by atoms with Crippen molar-refractivity contribution < 1.29 is 13.3 Å². The molecule has 0 N–H and O–H groups in total. The van der Waals surface area contributed by atoms with Gasteiger partial charge in [0, 0.05) is 17.5 Å². The van der Waals surface area contributed by atoms with E-state index in [0.29, 0.717) is 11.1 Å². The number of nitro groups is 1. The van der Waals surface area contributed by atoms with Gasteiger partial charge in [0.25, 0.3) is 5.69 Å². The Labute approximate surface area is 127 Å². The van der Waals surface area contributed by atoms with E-state index in [2.05, 4.69) is 0 Å². The van der Waals surface area contributed by atoms with Crippen molar-refractivity contribution in [1.82, 2.24) is 0 Å². The number of nitrogens with zero attached hydrogens (tertiary/aromatic N) is 2. The lowest BCUT2D eigenvalue weighted by molar-refractivity contribution is -0.384. The van der Waals surface area contributed by atoms with Crippen molar-refractivity contribution in [1.29, 1.82) is 5.26 Å². The van der Waals surface area contributed by atoms with Crippen LogP contribution in [0.3, 0.4) is 0 Å². The minimum atomic E-state index is -3.68. The summed E-state index contributed by atoms with van der Waals surface area (Å²) in [5.74, 6) is 0. The third-order valence-electron chi connectivity index (χ3n) is 2.86. The van der Waals surface area contributed by atoms with E-state index < -0.39 is 14.8 Å². The molecule has 110 valence electrons. The molecule has 0 aliphatic carbocycles. The highest BCUT2D eigenvalue weighted by molar-refractivity contribution is 7.94. The SMILES string of the molecule is N#Cc1ccc(/C=C/S(=O)(=O)c2ccc([N+](=O)[O-])cc2)cc1. The number of hydrogen-bond donors (Lipinski definition) is 0. The van der Waals surface area contributed by atoms with Gasteiger partial charge >= 0.3 is 0 Å². The second kappa shape index (κ2) is 6.20. The van der Waals surface area contributed by atoms with E-state index in [4.69, 9.17) is 5.26 Å². The van der Waals surface area contributed by atoms with Crippen molar-refractivity contribution in [3.05, 3.63) is 75.2 Å². The molecule has 6 nitrogen and oxygen atoms in total. The van der Waals surface area contributed by atoms with Gasteiger partial charge in [0.05, 0.1) is 21.5 Å². The summed E-state index contributed by atoms with van der Waals surface area (Å²) in [4.78, 5) is 9.92. The van der Waals surface area contributed by atoms with Crippen LogP contribution in [0.4, 0.5) is 5.69 Å². The van der Waals surface area contributed by atoms with E-state index in [0.717, 1.165) is 17.5 Å². The third kappa shape index (κ3) is 3.56. The second-order valence-electron chi connectivity index (χ2n) is 4.33. The monoisotopic (exact) mass is 314 g/mol. The van der Waals surface area contributed by atoms with Gasteiger partial charge in [0.1, 0.15) is 0 Å². The maximum Gasteiger partial charge on any atom is 0.269 e. The Bertz CT molecular complexity index is 861. The number of rotatable bonds is 4. The van der Waals surface area contributed by atoms with Crippen molar-refractivity contribution in [2.24, 2.45) is 0 Å². The predicted molar refractivity (Wildman–Crippen MR) is 80.5 cm³/mol. The van der Waals surface area contributed by atoms with Gasteiger partial charge in [-0.05, 0) is 35.9 Å². The highest BCUT2D eigenvalue weighted by Crippen LogP contribution is 2.18. The van der Waals surface area contributed by atoms with Crippen LogP contribution in [0.25, 0.3) is 6.08 Å². The molecular formula is C15H10N2O4S. The standard InChI is InChI=1S/C15H10N2O4S/c16-11-13-3-1-12(2-4-13)9-10-22(20,21)15-7-5-14(6-8-15)17(18)19/h1-10H/b10-9+. The zero-order chi connectivity index (χ0) is 16.2. The fourth-order valence-electron chi connectivity index (χ4n) is 1.67. The number of nitriles is 1. The van der Waals surface area contributed by atoms with Gasteiger partial charge in [-0.25, -0.2) is 8.42 Å². The average molecular weight is 314 g/mol. The molecule has 0 aromatic heterocycles. The minimum Gasteiger partial charge on any atom is -0.258 e. The Kier molecular flexibility index (Phi) is 4.34. The number of hydrogen-bond acceptors (Lipinski definition) is 5. The Hall–Kier alpha value is -2.98. The van der Waals surface area contributed by atoms with E-state index in [9.17, 15) is 18.5 Å². The molecule has 0 fully saturated rings. The fourth-order valence-corrected chi connectivity index (χ4v) is 2.68. The molecule has 0 heterocycles. The third-order valence-corrected chi connectivity index (χ3v) is 4.28. The summed E-state index contributed by atoms with van der Waals surface area (Å²) in [5, 5.41) is 20.3. The van der Waals surface area contributed by atoms with Crippen LogP contribution < -0.4 is 0 Å². The number of sulfone groups is 1. The Balaban J connectivity index is 2.24. The molecule has 7 heteroatoms. The summed E-state index contributed by atoms with van der Waals surface area (Å²) in [6, 6.07) is 13.0. The van der Waals surface area contributed by atoms with Crippen LogP contribution in [0, 0.1) is 21.4 Å². The lowest BCUT2D eigenvalue weighted by Gasteiger charge is -1.99. The largest absolute Gasteiger partial charge is 0.269 e. The van der Waals surface area contributed by atoms with Gasteiger partial charge in [-0.2, -0.15) is 5.26 Å². The quantitative estimate of drug-likeness (QED) is 0.638. The molecule has 0 aliphatic heterocycles. The maximum absolute atomic E-state index is 12.1. The molecule has 0 amide bonds. The molecule has 0 aliphatic rings. The smallest absolute Gasteiger partial charge is 0.258 e. The van der Waals surface area contributed by atoms with Gasteiger partial charge in [-0.1, -0.05) is 12.1 Å². The van der Waals surface area contributed by atoms with Crippen LogP contribution in [0.1, 0.15) is 11.1 Å². The lowest BCUT2D eigenvalue weighted by atomic mass is 10.1. The number of benzene rings is 2. The maximum atomic E-state index is 12.1. The normalized spacial score (nSPS) is 11.2. The summed E-state index contributed by atoms with van der Waals surface area (Å²) >= 11 is 0. The van der Waals surface area contributed by atoms with Crippen LogP contribution in [-0.2, 0) is 9.84 Å². The van der Waals surface area contributed by atoms with Crippen LogP contribution in [0.2, 0.25) is 0 Å². The zero-order valence-corrected chi connectivity index (χ0v) is 12.0. The predicted octanol–water partition coefficient (Wildman–Crippen LogP) is 2.91. The fraction of sp³-hybridized carbons (Fsp3) is 0. The summed E-state index contributed by atoms with van der Waals surface area (Å²) in [7, 11) is -3.68. The number of nitro benzene ring substituents is 1. The zero-order valence-electron chi connectivity index (χ0n) is 11.2. The molecule has 2 aromatic rings. The Morgan fingerprint density at radius 1 is 1.05 bits per heavy atom. The molecule has 0 saturated carbocycles. The van der Waals surface area contributed by atoms with Gasteiger partial charge in [-0.15, -0.1) is 0 Å². The second-order valence-corrected chi connectivity index (χ2v) is 6.17. The molecule has 0 unspecified atom stereocenters. The molecular weight excluding hydrogens is 304 g/mol. The molecule has 0 radical (unpaired) electrons. The van der Waals surface area contributed by atoms with Gasteiger partial charge in [0.2, 0.25) is 0 Å². The van der Waals surface area contributed by atoms with Crippen molar-refractivity contribution >= 4 is 21.6 Å². The summed E-state index contributed by atoms with van der Waals surface area (Å²) < 4.78 is 24.2. The van der Waals surface area contributed by atoms with E-state index in [1.54, 1.807) is 24.3 Å².